The van der Waals surface area contributed by atoms with Crippen LogP contribution >= 0.6 is 0 Å². The fraction of sp³-hybridized carbons (Fsp3) is 0.727. The third kappa shape index (κ3) is 11.0. The summed E-state index contributed by atoms with van der Waals surface area (Å²) in [4.78, 5) is 10.8. The zero-order valence-electron chi connectivity index (χ0n) is 10.1. The Morgan fingerprint density at radius 1 is 1.27 bits per heavy atom. The average Bonchev–Trinajstić information content (AvgIpc) is 2.09. The molecule has 0 heterocycles. The van der Waals surface area contributed by atoms with E-state index in [2.05, 4.69) is 35.8 Å². The van der Waals surface area contributed by atoms with Gasteiger partial charge in [0.1, 0.15) is 8.07 Å². The van der Waals surface area contributed by atoms with Crippen LogP contribution in [0.15, 0.2) is 0 Å². The topological polar surface area (TPSA) is 35.5 Å². The summed E-state index contributed by atoms with van der Waals surface area (Å²) < 4.78 is 9.41. The summed E-state index contributed by atoms with van der Waals surface area (Å²) in [5.74, 6) is 3.11. The first kappa shape index (κ1) is 14.0. The number of hydrogen-bond acceptors (Lipinski definition) is 3. The molecule has 86 valence electrons. The van der Waals surface area contributed by atoms with Crippen LogP contribution in [0.1, 0.15) is 19.8 Å². The molecule has 15 heavy (non-hydrogen) atoms. The fourth-order valence-electron chi connectivity index (χ4n) is 0.803. The Hall–Kier alpha value is -0.953. The molecule has 0 spiro atoms. The molecule has 0 aromatic heterocycles. The first-order valence-electron chi connectivity index (χ1n) is 5.25. The molecule has 0 aromatic carbocycles. The van der Waals surface area contributed by atoms with Crippen molar-refractivity contribution in [2.75, 3.05) is 13.2 Å². The van der Waals surface area contributed by atoms with Crippen molar-refractivity contribution in [3.8, 4) is 11.5 Å². The van der Waals surface area contributed by atoms with Crippen LogP contribution in [-0.4, -0.2) is 27.4 Å². The van der Waals surface area contributed by atoms with E-state index in [9.17, 15) is 4.79 Å². The molecule has 0 aromatic rings. The van der Waals surface area contributed by atoms with Gasteiger partial charge in [-0.1, -0.05) is 19.6 Å². The lowest BCUT2D eigenvalue weighted by molar-refractivity contribution is 0.0586. The second kappa shape index (κ2) is 7.35. The summed E-state index contributed by atoms with van der Waals surface area (Å²) in [5.41, 5.74) is 3.25. The monoisotopic (exact) mass is 228 g/mol. The molecule has 0 radical (unpaired) electrons. The summed E-state index contributed by atoms with van der Waals surface area (Å²) >= 11 is 0. The highest BCUT2D eigenvalue weighted by Crippen LogP contribution is 1.98. The molecular weight excluding hydrogens is 208 g/mol. The predicted molar refractivity (Wildman–Crippen MR) is 63.3 cm³/mol. The second-order valence-electron chi connectivity index (χ2n) is 4.19. The average molecular weight is 228 g/mol. The molecule has 0 aliphatic heterocycles. The zero-order valence-corrected chi connectivity index (χ0v) is 11.1. The molecular formula is C11H20O3Si. The van der Waals surface area contributed by atoms with Crippen molar-refractivity contribution in [2.24, 2.45) is 0 Å². The molecule has 0 aliphatic carbocycles. The maximum Gasteiger partial charge on any atom is 0.508 e. The molecule has 4 heteroatoms. The van der Waals surface area contributed by atoms with Crippen LogP contribution in [0.5, 0.6) is 0 Å². The van der Waals surface area contributed by atoms with E-state index in [1.807, 2.05) is 0 Å². The molecule has 0 aliphatic rings. The summed E-state index contributed by atoms with van der Waals surface area (Å²) in [7, 11) is -1.25. The van der Waals surface area contributed by atoms with E-state index >= 15 is 0 Å². The standard InChI is InChI=1S/C11H20O3Si/c1-5-13-11(12)14-9-7-6-8-10-15(2,3)4/h5-7,9H2,1-4H3. The van der Waals surface area contributed by atoms with Crippen LogP contribution in [0, 0.1) is 11.5 Å². The minimum atomic E-state index is -1.25. The number of hydrogen-bond donors (Lipinski definition) is 0. The van der Waals surface area contributed by atoms with E-state index in [4.69, 9.17) is 4.74 Å². The first-order valence-corrected chi connectivity index (χ1v) is 8.75. The Kier molecular flexibility index (Phi) is 6.89. The quantitative estimate of drug-likeness (QED) is 0.321. The van der Waals surface area contributed by atoms with E-state index < -0.39 is 14.2 Å². The largest absolute Gasteiger partial charge is 0.508 e. The maximum atomic E-state index is 10.8. The van der Waals surface area contributed by atoms with Gasteiger partial charge in [0, 0.05) is 6.42 Å². The lowest BCUT2D eigenvalue weighted by Gasteiger charge is -2.04. The number of carbonyl (C=O) groups is 1. The molecule has 0 unspecified atom stereocenters. The van der Waals surface area contributed by atoms with Crippen LogP contribution < -0.4 is 0 Å². The van der Waals surface area contributed by atoms with Crippen molar-refractivity contribution in [2.45, 2.75) is 39.4 Å². The van der Waals surface area contributed by atoms with Gasteiger partial charge in [0.05, 0.1) is 13.2 Å². The minimum Gasteiger partial charge on any atom is -0.435 e. The Bertz CT molecular complexity index is 245. The van der Waals surface area contributed by atoms with Crippen molar-refractivity contribution >= 4 is 14.2 Å². The normalized spacial score (nSPS) is 10.1. The molecule has 0 bridgehead atoms. The molecule has 3 nitrogen and oxygen atoms in total. The van der Waals surface area contributed by atoms with Gasteiger partial charge in [-0.05, 0) is 13.3 Å². The second-order valence-corrected chi connectivity index (χ2v) is 8.94. The van der Waals surface area contributed by atoms with Gasteiger partial charge in [-0.3, -0.25) is 0 Å². The molecule has 0 saturated heterocycles. The van der Waals surface area contributed by atoms with Gasteiger partial charge in [-0.25, -0.2) is 4.79 Å². The van der Waals surface area contributed by atoms with E-state index in [1.54, 1.807) is 6.92 Å². The Balaban J connectivity index is 3.46. The SMILES string of the molecule is CCOC(=O)OCCCC#C[Si](C)(C)C. The van der Waals surface area contributed by atoms with Gasteiger partial charge in [0.15, 0.2) is 0 Å². The van der Waals surface area contributed by atoms with Gasteiger partial charge >= 0.3 is 6.16 Å². The summed E-state index contributed by atoms with van der Waals surface area (Å²) in [6.45, 7) is 9.10. The zero-order chi connectivity index (χ0) is 11.7. The molecule has 0 saturated carbocycles. The van der Waals surface area contributed by atoms with Crippen LogP contribution in [-0.2, 0) is 9.47 Å². The first-order chi connectivity index (χ1) is 6.95. The maximum absolute atomic E-state index is 10.8. The summed E-state index contributed by atoms with van der Waals surface area (Å²) in [6.07, 6.45) is 0.968. The van der Waals surface area contributed by atoms with Gasteiger partial charge in [-0.2, -0.15) is 0 Å². The highest BCUT2D eigenvalue weighted by atomic mass is 28.3. The van der Waals surface area contributed by atoms with Crippen molar-refractivity contribution in [1.29, 1.82) is 0 Å². The Morgan fingerprint density at radius 2 is 1.93 bits per heavy atom. The minimum absolute atomic E-state index is 0.355. The number of ether oxygens (including phenoxy) is 2. The van der Waals surface area contributed by atoms with Crippen LogP contribution in [0.25, 0.3) is 0 Å². The number of rotatable bonds is 4. The van der Waals surface area contributed by atoms with E-state index in [0.29, 0.717) is 13.2 Å². The van der Waals surface area contributed by atoms with Crippen LogP contribution in [0.2, 0.25) is 19.6 Å². The Labute approximate surface area is 93.2 Å². The molecule has 0 atom stereocenters. The van der Waals surface area contributed by atoms with Gasteiger partial charge in [0.25, 0.3) is 0 Å². The van der Waals surface area contributed by atoms with Crippen molar-refractivity contribution in [3.63, 3.8) is 0 Å². The van der Waals surface area contributed by atoms with Crippen molar-refractivity contribution in [3.05, 3.63) is 0 Å². The predicted octanol–water partition coefficient (Wildman–Crippen LogP) is 2.82. The highest BCUT2D eigenvalue weighted by molar-refractivity contribution is 6.83. The Morgan fingerprint density at radius 3 is 2.47 bits per heavy atom. The molecule has 0 amide bonds. The lowest BCUT2D eigenvalue weighted by atomic mass is 10.3. The highest BCUT2D eigenvalue weighted by Gasteiger charge is 2.06. The van der Waals surface area contributed by atoms with Crippen LogP contribution in [0.4, 0.5) is 4.79 Å². The molecule has 0 N–H and O–H groups in total. The van der Waals surface area contributed by atoms with E-state index in [-0.39, 0.29) is 0 Å². The summed E-state index contributed by atoms with van der Waals surface area (Å²) in [6, 6.07) is 0. The third-order valence-electron chi connectivity index (χ3n) is 1.39. The third-order valence-corrected chi connectivity index (χ3v) is 2.32. The van der Waals surface area contributed by atoms with Gasteiger partial charge < -0.3 is 9.47 Å². The van der Waals surface area contributed by atoms with E-state index in [0.717, 1.165) is 12.8 Å². The van der Waals surface area contributed by atoms with E-state index in [1.165, 1.54) is 0 Å². The smallest absolute Gasteiger partial charge is 0.435 e. The van der Waals surface area contributed by atoms with Gasteiger partial charge in [-0.15, -0.1) is 11.5 Å². The fourth-order valence-corrected chi connectivity index (χ4v) is 1.46. The number of carbonyl (C=O) groups excluding carboxylic acids is 1. The van der Waals surface area contributed by atoms with Crippen molar-refractivity contribution < 1.29 is 14.3 Å². The number of unbranched alkanes of at least 4 members (excludes halogenated alkanes) is 1. The molecule has 0 fully saturated rings. The van der Waals surface area contributed by atoms with Crippen LogP contribution in [0.3, 0.4) is 0 Å². The summed E-state index contributed by atoms with van der Waals surface area (Å²) in [5, 5.41) is 0. The van der Waals surface area contributed by atoms with Gasteiger partial charge in [0.2, 0.25) is 0 Å². The lowest BCUT2D eigenvalue weighted by Crippen LogP contribution is -2.16. The molecule has 0 rings (SSSR count). The van der Waals surface area contributed by atoms with Crippen molar-refractivity contribution in [1.82, 2.24) is 0 Å².